The number of benzene rings is 1. The van der Waals surface area contributed by atoms with Crippen LogP contribution in [0.4, 0.5) is 5.69 Å². The summed E-state index contributed by atoms with van der Waals surface area (Å²) in [7, 11) is 0. The number of rotatable bonds is 4. The van der Waals surface area contributed by atoms with E-state index in [1.807, 2.05) is 19.9 Å². The normalized spacial score (nSPS) is 15.9. The molecule has 3 rings (SSSR count). The van der Waals surface area contributed by atoms with E-state index in [2.05, 4.69) is 31.5 Å². The zero-order valence-corrected chi connectivity index (χ0v) is 15.3. The first-order valence-corrected chi connectivity index (χ1v) is 8.77. The first kappa shape index (κ1) is 17.8. The molecule has 1 aliphatic rings. The Morgan fingerprint density at radius 1 is 1.36 bits per heavy atom. The summed E-state index contributed by atoms with van der Waals surface area (Å²) in [6, 6.07) is 4.03. The van der Waals surface area contributed by atoms with Crippen LogP contribution in [0, 0.1) is 13.8 Å². The molecule has 0 bridgehead atoms. The van der Waals surface area contributed by atoms with Crippen molar-refractivity contribution >= 4 is 33.9 Å². The highest BCUT2D eigenvalue weighted by Gasteiger charge is 2.13. The fourth-order valence-corrected chi connectivity index (χ4v) is 3.15. The van der Waals surface area contributed by atoms with Crippen molar-refractivity contribution in [2.75, 3.05) is 39.4 Å². The predicted octanol–water partition coefficient (Wildman–Crippen LogP) is 2.78. The average molecular weight is 361 g/mol. The van der Waals surface area contributed by atoms with Crippen LogP contribution in [-0.4, -0.2) is 59.5 Å². The molecule has 0 aliphatic carbocycles. The molecule has 2 aromatic rings. The smallest absolute Gasteiger partial charge is 0.218 e. The highest BCUT2D eigenvalue weighted by atomic mass is 32.1. The third-order valence-electron chi connectivity index (χ3n) is 4.25. The van der Waals surface area contributed by atoms with Crippen molar-refractivity contribution in [2.24, 2.45) is 10.2 Å². The Morgan fingerprint density at radius 2 is 2.12 bits per heavy atom. The van der Waals surface area contributed by atoms with Crippen molar-refractivity contribution in [3.8, 4) is 5.88 Å². The maximum Gasteiger partial charge on any atom is 0.218 e. The van der Waals surface area contributed by atoms with Crippen LogP contribution < -0.4 is 5.32 Å². The SMILES string of the molecule is Cc1cc(C)c2[nH]c(O)c(N=NC(=S)NCCN3CCOCC3)c2c1. The van der Waals surface area contributed by atoms with E-state index in [1.165, 1.54) is 0 Å². The van der Waals surface area contributed by atoms with Crippen LogP contribution in [0.3, 0.4) is 0 Å². The van der Waals surface area contributed by atoms with E-state index in [9.17, 15) is 5.11 Å². The first-order valence-electron chi connectivity index (χ1n) is 8.36. The molecular formula is C17H23N5O2S. The number of aromatic amines is 1. The number of azo groups is 1. The zero-order valence-electron chi connectivity index (χ0n) is 14.5. The number of nitrogens with zero attached hydrogens (tertiary/aromatic N) is 3. The summed E-state index contributed by atoms with van der Waals surface area (Å²) in [5.74, 6) is 0.00330. The van der Waals surface area contributed by atoms with Crippen LogP contribution in [0.1, 0.15) is 11.1 Å². The summed E-state index contributed by atoms with van der Waals surface area (Å²) < 4.78 is 5.32. The van der Waals surface area contributed by atoms with Crippen molar-refractivity contribution in [1.82, 2.24) is 15.2 Å². The van der Waals surface area contributed by atoms with Gasteiger partial charge in [0.25, 0.3) is 0 Å². The van der Waals surface area contributed by atoms with Crippen LogP contribution in [-0.2, 0) is 4.74 Å². The van der Waals surface area contributed by atoms with Crippen LogP contribution in [0.15, 0.2) is 22.4 Å². The summed E-state index contributed by atoms with van der Waals surface area (Å²) in [6.45, 7) is 9.03. The molecule has 7 nitrogen and oxygen atoms in total. The number of aryl methyl sites for hydroxylation is 2. The second-order valence-corrected chi connectivity index (χ2v) is 6.60. The monoisotopic (exact) mass is 361 g/mol. The zero-order chi connectivity index (χ0) is 17.8. The van der Waals surface area contributed by atoms with Gasteiger partial charge in [0.05, 0.1) is 18.7 Å². The maximum absolute atomic E-state index is 10.1. The molecule has 0 atom stereocenters. The second-order valence-electron chi connectivity index (χ2n) is 6.21. The van der Waals surface area contributed by atoms with Crippen molar-refractivity contribution in [3.63, 3.8) is 0 Å². The van der Waals surface area contributed by atoms with Crippen LogP contribution in [0.25, 0.3) is 10.9 Å². The molecule has 1 aliphatic heterocycles. The predicted molar refractivity (Wildman–Crippen MR) is 102 cm³/mol. The second kappa shape index (κ2) is 7.90. The fourth-order valence-electron chi connectivity index (χ4n) is 3.00. The number of hydrogen-bond donors (Lipinski definition) is 3. The van der Waals surface area contributed by atoms with Gasteiger partial charge in [0.1, 0.15) is 0 Å². The Bertz CT molecular complexity index is 796. The topological polar surface area (TPSA) is 85.2 Å². The fraction of sp³-hybridized carbons (Fsp3) is 0.471. The number of aromatic nitrogens is 1. The Hall–Kier alpha value is -2.03. The van der Waals surface area contributed by atoms with E-state index >= 15 is 0 Å². The van der Waals surface area contributed by atoms with Crippen molar-refractivity contribution in [2.45, 2.75) is 13.8 Å². The van der Waals surface area contributed by atoms with Crippen molar-refractivity contribution in [1.29, 1.82) is 0 Å². The standard InChI is InChI=1S/C17H23N5O2S/c1-11-9-12(2)14-13(10-11)15(16(23)19-14)20-21-17(25)18-3-4-22-5-7-24-8-6-22/h9-10,19,23H,3-8H2,1-2H3,(H,18,25). The number of nitrogens with one attached hydrogen (secondary N) is 2. The third kappa shape index (κ3) is 4.33. The first-order chi connectivity index (χ1) is 12.0. The van der Waals surface area contributed by atoms with Crippen LogP contribution in [0.2, 0.25) is 0 Å². The summed E-state index contributed by atoms with van der Waals surface area (Å²) in [5, 5.41) is 22.5. The van der Waals surface area contributed by atoms with Crippen molar-refractivity contribution < 1.29 is 9.84 Å². The van der Waals surface area contributed by atoms with Gasteiger partial charge in [0.15, 0.2) is 5.69 Å². The Labute approximate surface area is 152 Å². The van der Waals surface area contributed by atoms with Gasteiger partial charge in [-0.15, -0.1) is 10.2 Å². The van der Waals surface area contributed by atoms with E-state index < -0.39 is 0 Å². The minimum absolute atomic E-state index is 0.00330. The number of thiocarbonyl (C=S) groups is 1. The lowest BCUT2D eigenvalue weighted by Crippen LogP contribution is -2.40. The number of morpholine rings is 1. The number of hydrogen-bond acceptors (Lipinski definition) is 5. The van der Waals surface area contributed by atoms with Gasteiger partial charge in [-0.3, -0.25) is 4.90 Å². The summed E-state index contributed by atoms with van der Waals surface area (Å²) in [5.41, 5.74) is 3.44. The Kier molecular flexibility index (Phi) is 5.62. The largest absolute Gasteiger partial charge is 0.493 e. The molecule has 0 saturated carbocycles. The van der Waals surface area contributed by atoms with E-state index in [-0.39, 0.29) is 5.88 Å². The number of fused-ring (bicyclic) bond motifs is 1. The van der Waals surface area contributed by atoms with Gasteiger partial charge in [-0.2, -0.15) is 0 Å². The average Bonchev–Trinajstić information content (AvgIpc) is 2.90. The van der Waals surface area contributed by atoms with Gasteiger partial charge in [0.2, 0.25) is 11.0 Å². The molecule has 1 aromatic heterocycles. The molecule has 2 heterocycles. The van der Waals surface area contributed by atoms with E-state index in [1.54, 1.807) is 0 Å². The molecule has 8 heteroatoms. The number of H-pyrrole nitrogens is 1. The van der Waals surface area contributed by atoms with Gasteiger partial charge in [-0.05, 0) is 37.7 Å². The van der Waals surface area contributed by atoms with Gasteiger partial charge < -0.3 is 20.1 Å². The molecule has 134 valence electrons. The number of ether oxygens (including phenoxy) is 1. The van der Waals surface area contributed by atoms with Crippen molar-refractivity contribution in [3.05, 3.63) is 23.3 Å². The van der Waals surface area contributed by atoms with E-state index in [4.69, 9.17) is 17.0 Å². The summed E-state index contributed by atoms with van der Waals surface area (Å²) >= 11 is 5.20. The lowest BCUT2D eigenvalue weighted by atomic mass is 10.1. The third-order valence-corrected chi connectivity index (χ3v) is 4.48. The van der Waals surface area contributed by atoms with Crippen LogP contribution >= 0.6 is 12.2 Å². The molecule has 3 N–H and O–H groups in total. The quantitative estimate of drug-likeness (QED) is 0.576. The Balaban J connectivity index is 1.62. The molecule has 0 radical (unpaired) electrons. The molecule has 1 aromatic carbocycles. The molecular weight excluding hydrogens is 338 g/mol. The number of aromatic hydroxyl groups is 1. The highest BCUT2D eigenvalue weighted by molar-refractivity contribution is 7.80. The minimum Gasteiger partial charge on any atom is -0.493 e. The molecule has 0 unspecified atom stereocenters. The van der Waals surface area contributed by atoms with E-state index in [0.717, 1.165) is 54.9 Å². The van der Waals surface area contributed by atoms with Gasteiger partial charge in [0, 0.05) is 31.6 Å². The molecule has 1 fully saturated rings. The van der Waals surface area contributed by atoms with Crippen LogP contribution in [0.5, 0.6) is 5.88 Å². The molecule has 1 saturated heterocycles. The molecule has 25 heavy (non-hydrogen) atoms. The van der Waals surface area contributed by atoms with Gasteiger partial charge >= 0.3 is 0 Å². The Morgan fingerprint density at radius 3 is 2.88 bits per heavy atom. The minimum atomic E-state index is 0.00330. The molecule has 0 amide bonds. The lowest BCUT2D eigenvalue weighted by molar-refractivity contribution is 0.0389. The maximum atomic E-state index is 10.1. The van der Waals surface area contributed by atoms with Gasteiger partial charge in [-0.1, -0.05) is 11.6 Å². The summed E-state index contributed by atoms with van der Waals surface area (Å²) in [4.78, 5) is 5.26. The van der Waals surface area contributed by atoms with E-state index in [0.29, 0.717) is 17.3 Å². The summed E-state index contributed by atoms with van der Waals surface area (Å²) in [6.07, 6.45) is 0. The lowest BCUT2D eigenvalue weighted by Gasteiger charge is -2.26. The molecule has 0 spiro atoms. The highest BCUT2D eigenvalue weighted by Crippen LogP contribution is 2.37. The van der Waals surface area contributed by atoms with Gasteiger partial charge in [-0.25, -0.2) is 0 Å².